The molecule has 0 atom stereocenters. The lowest BCUT2D eigenvalue weighted by Gasteiger charge is -2.19. The SMILES string of the molecule is O=[N+]([O-])c1ccc(COP(=O)(N2CC2)N2CC2)cc1Oc1ccc2cccnc2c1. The first-order valence-corrected chi connectivity index (χ1v) is 11.1. The molecule has 0 unspecified atom stereocenters. The van der Waals surface area contributed by atoms with Gasteiger partial charge in [0.25, 0.3) is 0 Å². The molecule has 10 heteroatoms. The van der Waals surface area contributed by atoms with E-state index < -0.39 is 12.6 Å². The Morgan fingerprint density at radius 1 is 1.07 bits per heavy atom. The normalized spacial score (nSPS) is 16.5. The van der Waals surface area contributed by atoms with Gasteiger partial charge in [-0.2, -0.15) is 0 Å². The summed E-state index contributed by atoms with van der Waals surface area (Å²) in [6, 6.07) is 13.6. The molecule has 154 valence electrons. The van der Waals surface area contributed by atoms with Crippen LogP contribution in [0.4, 0.5) is 5.69 Å². The van der Waals surface area contributed by atoms with E-state index in [4.69, 9.17) is 9.26 Å². The molecule has 3 aromatic rings. The number of nitro benzene ring substituents is 1. The van der Waals surface area contributed by atoms with Gasteiger partial charge in [-0.25, -0.2) is 9.34 Å². The topological polar surface area (TPSA) is 97.6 Å². The van der Waals surface area contributed by atoms with E-state index in [0.717, 1.165) is 37.1 Å². The van der Waals surface area contributed by atoms with Gasteiger partial charge in [0.15, 0.2) is 0 Å². The van der Waals surface area contributed by atoms with Crippen molar-refractivity contribution < 1.29 is 18.7 Å². The fourth-order valence-electron chi connectivity index (χ4n) is 3.21. The minimum atomic E-state index is -2.96. The monoisotopic (exact) mass is 426 g/mol. The Bertz CT molecular complexity index is 1160. The molecule has 2 saturated heterocycles. The highest BCUT2D eigenvalue weighted by molar-refractivity contribution is 7.54. The number of hydrogen-bond acceptors (Lipinski definition) is 6. The van der Waals surface area contributed by atoms with Gasteiger partial charge in [-0.15, -0.1) is 0 Å². The van der Waals surface area contributed by atoms with Crippen LogP contribution in [-0.4, -0.2) is 45.4 Å². The largest absolute Gasteiger partial charge is 0.450 e. The summed E-state index contributed by atoms with van der Waals surface area (Å²) in [5.41, 5.74) is 1.23. The first-order valence-electron chi connectivity index (χ1n) is 9.58. The van der Waals surface area contributed by atoms with Crippen molar-refractivity contribution in [2.45, 2.75) is 6.61 Å². The third-order valence-electron chi connectivity index (χ3n) is 4.99. The van der Waals surface area contributed by atoms with E-state index in [1.54, 1.807) is 30.5 Å². The van der Waals surface area contributed by atoms with Crippen molar-refractivity contribution in [1.82, 2.24) is 14.3 Å². The highest BCUT2D eigenvalue weighted by Gasteiger charge is 2.49. The molecule has 3 heterocycles. The summed E-state index contributed by atoms with van der Waals surface area (Å²) in [6.07, 6.45) is 1.68. The number of hydrogen-bond donors (Lipinski definition) is 0. The van der Waals surface area contributed by atoms with Crippen molar-refractivity contribution in [3.8, 4) is 11.5 Å². The average Bonchev–Trinajstić information content (AvgIpc) is 3.64. The first kappa shape index (κ1) is 19.1. The molecule has 0 N–H and O–H groups in total. The Labute approximate surface area is 172 Å². The first-order chi connectivity index (χ1) is 14.5. The van der Waals surface area contributed by atoms with Crippen LogP contribution in [0.1, 0.15) is 5.56 Å². The maximum Gasteiger partial charge on any atom is 0.346 e. The summed E-state index contributed by atoms with van der Waals surface area (Å²) in [4.78, 5) is 15.3. The van der Waals surface area contributed by atoms with Gasteiger partial charge in [-0.3, -0.25) is 19.7 Å². The molecule has 0 spiro atoms. The van der Waals surface area contributed by atoms with Crippen molar-refractivity contribution in [2.24, 2.45) is 0 Å². The van der Waals surface area contributed by atoms with Crippen LogP contribution in [0.3, 0.4) is 0 Å². The lowest BCUT2D eigenvalue weighted by atomic mass is 10.2. The van der Waals surface area contributed by atoms with E-state index in [2.05, 4.69) is 4.98 Å². The zero-order valence-electron chi connectivity index (χ0n) is 16.0. The average molecular weight is 426 g/mol. The number of nitro groups is 1. The molecule has 2 aromatic carbocycles. The highest BCUT2D eigenvalue weighted by Crippen LogP contribution is 2.61. The molecule has 5 rings (SSSR count). The third kappa shape index (κ3) is 3.80. The van der Waals surface area contributed by atoms with Crippen LogP contribution in [-0.2, 0) is 15.7 Å². The summed E-state index contributed by atoms with van der Waals surface area (Å²) >= 11 is 0. The van der Waals surface area contributed by atoms with Crippen molar-refractivity contribution in [3.63, 3.8) is 0 Å². The van der Waals surface area contributed by atoms with Gasteiger partial charge in [0.1, 0.15) is 5.75 Å². The van der Waals surface area contributed by atoms with Crippen LogP contribution < -0.4 is 4.74 Å². The smallest absolute Gasteiger partial charge is 0.346 e. The lowest BCUT2D eigenvalue weighted by molar-refractivity contribution is -0.385. The third-order valence-corrected chi connectivity index (χ3v) is 7.68. The molecular weight excluding hydrogens is 407 g/mol. The van der Waals surface area contributed by atoms with Crippen LogP contribution in [0.15, 0.2) is 54.7 Å². The van der Waals surface area contributed by atoms with E-state index >= 15 is 0 Å². The second-order valence-electron chi connectivity index (χ2n) is 7.19. The lowest BCUT2D eigenvalue weighted by Crippen LogP contribution is -2.08. The number of aromatic nitrogens is 1. The Morgan fingerprint density at radius 2 is 1.83 bits per heavy atom. The molecule has 2 fully saturated rings. The second-order valence-corrected chi connectivity index (χ2v) is 9.56. The number of pyridine rings is 1. The molecule has 1 aromatic heterocycles. The molecule has 0 bridgehead atoms. The standard InChI is InChI=1S/C20H19N4O5P/c25-24(26)19-6-3-15(14-28-30(27,22-8-9-22)23-10-11-23)12-20(19)29-17-5-4-16-2-1-7-21-18(16)13-17/h1-7,12-13H,8-11,14H2. The second kappa shape index (κ2) is 7.45. The molecule has 0 aliphatic carbocycles. The summed E-state index contributed by atoms with van der Waals surface area (Å²) in [6.45, 7) is 3.13. The zero-order chi connectivity index (χ0) is 20.7. The number of rotatable bonds is 8. The van der Waals surface area contributed by atoms with Crippen molar-refractivity contribution >= 4 is 24.3 Å². The Hall–Kier alpha value is -2.84. The zero-order valence-corrected chi connectivity index (χ0v) is 16.9. The molecule has 0 amide bonds. The summed E-state index contributed by atoms with van der Waals surface area (Å²) in [7, 11) is -2.96. The summed E-state index contributed by atoms with van der Waals surface area (Å²) in [5, 5.41) is 12.4. The fourth-order valence-corrected chi connectivity index (χ4v) is 5.40. The van der Waals surface area contributed by atoms with E-state index in [0.29, 0.717) is 11.3 Å². The number of fused-ring (bicyclic) bond motifs is 1. The maximum absolute atomic E-state index is 13.1. The van der Waals surface area contributed by atoms with E-state index in [1.165, 1.54) is 6.07 Å². The van der Waals surface area contributed by atoms with Gasteiger partial charge in [-0.1, -0.05) is 6.07 Å². The Balaban J connectivity index is 1.40. The highest BCUT2D eigenvalue weighted by atomic mass is 31.2. The van der Waals surface area contributed by atoms with Crippen molar-refractivity contribution in [3.05, 3.63) is 70.4 Å². The Morgan fingerprint density at radius 3 is 2.53 bits per heavy atom. The summed E-state index contributed by atoms with van der Waals surface area (Å²) < 4.78 is 28.4. The van der Waals surface area contributed by atoms with E-state index in [-0.39, 0.29) is 18.0 Å². The molecule has 30 heavy (non-hydrogen) atoms. The number of nitrogens with zero attached hydrogens (tertiary/aromatic N) is 4. The predicted molar refractivity (Wildman–Crippen MR) is 110 cm³/mol. The Kier molecular flexibility index (Phi) is 4.75. The van der Waals surface area contributed by atoms with Gasteiger partial charge < -0.3 is 9.26 Å². The molecule has 0 radical (unpaired) electrons. The number of benzene rings is 2. The van der Waals surface area contributed by atoms with Crippen LogP contribution in [0, 0.1) is 10.1 Å². The van der Waals surface area contributed by atoms with Gasteiger partial charge in [-0.05, 0) is 35.9 Å². The molecule has 2 aliphatic rings. The van der Waals surface area contributed by atoms with Gasteiger partial charge in [0.2, 0.25) is 5.75 Å². The minimum Gasteiger partial charge on any atom is -0.450 e. The van der Waals surface area contributed by atoms with Gasteiger partial charge in [0.05, 0.1) is 17.0 Å². The van der Waals surface area contributed by atoms with E-state index in [1.807, 2.05) is 27.5 Å². The minimum absolute atomic E-state index is 0.0813. The maximum atomic E-state index is 13.1. The quantitative estimate of drug-likeness (QED) is 0.229. The molecule has 9 nitrogen and oxygen atoms in total. The van der Waals surface area contributed by atoms with Crippen LogP contribution in [0.5, 0.6) is 11.5 Å². The molecular formula is C20H19N4O5P. The molecule has 2 aliphatic heterocycles. The van der Waals surface area contributed by atoms with Crippen LogP contribution >= 0.6 is 7.67 Å². The van der Waals surface area contributed by atoms with Gasteiger partial charge >= 0.3 is 13.4 Å². The van der Waals surface area contributed by atoms with Gasteiger partial charge in [0, 0.05) is 49.9 Å². The molecule has 0 saturated carbocycles. The predicted octanol–water partition coefficient (Wildman–Crippen LogP) is 4.19. The van der Waals surface area contributed by atoms with E-state index in [9.17, 15) is 14.7 Å². The summed E-state index contributed by atoms with van der Waals surface area (Å²) in [5.74, 6) is 0.547. The van der Waals surface area contributed by atoms with Crippen LogP contribution in [0.25, 0.3) is 10.9 Å². The van der Waals surface area contributed by atoms with Crippen molar-refractivity contribution in [2.75, 3.05) is 26.2 Å². The fraction of sp³-hybridized carbons (Fsp3) is 0.250. The number of ether oxygens (including phenoxy) is 1. The van der Waals surface area contributed by atoms with Crippen LogP contribution in [0.2, 0.25) is 0 Å². The van der Waals surface area contributed by atoms with Crippen molar-refractivity contribution in [1.29, 1.82) is 0 Å².